The Bertz CT molecular complexity index is 204. The van der Waals surface area contributed by atoms with Crippen molar-refractivity contribution in [2.24, 2.45) is 5.41 Å². The molecule has 1 saturated heterocycles. The fraction of sp³-hybridized carbons (Fsp3) is 1.00. The highest BCUT2D eigenvalue weighted by Gasteiger charge is 2.41. The number of rotatable bonds is 6. The molecule has 0 unspecified atom stereocenters. The molecule has 1 aliphatic carbocycles. The Labute approximate surface area is 106 Å². The quantitative estimate of drug-likeness (QED) is 0.717. The summed E-state index contributed by atoms with van der Waals surface area (Å²) in [6.07, 6.45) is 8.86. The fourth-order valence-electron chi connectivity index (χ4n) is 3.39. The van der Waals surface area contributed by atoms with E-state index in [1.807, 2.05) is 0 Å². The lowest BCUT2D eigenvalue weighted by Crippen LogP contribution is -2.57. The molecule has 1 N–H and O–H groups in total. The number of ether oxygens (including phenoxy) is 1. The third kappa shape index (κ3) is 3.94. The van der Waals surface area contributed by atoms with E-state index in [0.29, 0.717) is 0 Å². The molecule has 0 bridgehead atoms. The minimum Gasteiger partial charge on any atom is -0.383 e. The van der Waals surface area contributed by atoms with Gasteiger partial charge in [0.1, 0.15) is 0 Å². The largest absolute Gasteiger partial charge is 0.383 e. The van der Waals surface area contributed by atoms with Crippen LogP contribution < -0.4 is 5.32 Å². The maximum absolute atomic E-state index is 5.02. The topological polar surface area (TPSA) is 24.5 Å². The highest BCUT2D eigenvalue weighted by molar-refractivity contribution is 4.95. The first-order chi connectivity index (χ1) is 8.35. The number of likely N-dealkylation sites (tertiary alicyclic amines) is 1. The molecule has 1 aliphatic heterocycles. The lowest BCUT2D eigenvalue weighted by Gasteiger charge is -2.50. The van der Waals surface area contributed by atoms with Crippen LogP contribution in [-0.2, 0) is 4.74 Å². The maximum atomic E-state index is 5.02. The second kappa shape index (κ2) is 6.72. The highest BCUT2D eigenvalue weighted by atomic mass is 16.5. The van der Waals surface area contributed by atoms with Gasteiger partial charge in [0.15, 0.2) is 0 Å². The van der Waals surface area contributed by atoms with E-state index in [2.05, 4.69) is 10.2 Å². The van der Waals surface area contributed by atoms with Crippen molar-refractivity contribution in [1.82, 2.24) is 10.2 Å². The van der Waals surface area contributed by atoms with E-state index in [1.165, 1.54) is 58.2 Å². The molecule has 1 saturated carbocycles. The standard InChI is InChI=1S/C14H28N2O/c1-17-11-9-15-8-10-16-12-14(13-16)6-4-2-3-5-7-14/h15H,2-13H2,1H3. The number of methoxy groups -OCH3 is 1. The van der Waals surface area contributed by atoms with Crippen molar-refractivity contribution in [3.05, 3.63) is 0 Å². The maximum Gasteiger partial charge on any atom is 0.0587 e. The predicted molar refractivity (Wildman–Crippen MR) is 71.3 cm³/mol. The van der Waals surface area contributed by atoms with E-state index in [9.17, 15) is 0 Å². The Hall–Kier alpha value is -0.120. The van der Waals surface area contributed by atoms with Gasteiger partial charge < -0.3 is 15.0 Å². The zero-order valence-corrected chi connectivity index (χ0v) is 11.3. The van der Waals surface area contributed by atoms with Gasteiger partial charge in [-0.15, -0.1) is 0 Å². The van der Waals surface area contributed by atoms with Crippen LogP contribution in [0, 0.1) is 5.41 Å². The molecular formula is C14H28N2O. The van der Waals surface area contributed by atoms with Crippen LogP contribution in [0.3, 0.4) is 0 Å². The van der Waals surface area contributed by atoms with E-state index in [0.717, 1.165) is 25.1 Å². The van der Waals surface area contributed by atoms with Crippen LogP contribution in [0.25, 0.3) is 0 Å². The summed E-state index contributed by atoms with van der Waals surface area (Å²) in [5.74, 6) is 0. The molecule has 0 amide bonds. The minimum absolute atomic E-state index is 0.725. The normalized spacial score (nSPS) is 24.5. The fourth-order valence-corrected chi connectivity index (χ4v) is 3.39. The summed E-state index contributed by atoms with van der Waals surface area (Å²) in [7, 11) is 1.76. The molecule has 0 radical (unpaired) electrons. The Balaban J connectivity index is 1.55. The first kappa shape index (κ1) is 13.3. The molecule has 2 rings (SSSR count). The molecule has 0 aromatic carbocycles. The number of nitrogens with zero attached hydrogens (tertiary/aromatic N) is 1. The first-order valence-electron chi connectivity index (χ1n) is 7.27. The van der Waals surface area contributed by atoms with Gasteiger partial charge in [-0.2, -0.15) is 0 Å². The van der Waals surface area contributed by atoms with Crippen molar-refractivity contribution >= 4 is 0 Å². The van der Waals surface area contributed by atoms with Gasteiger partial charge in [0.25, 0.3) is 0 Å². The van der Waals surface area contributed by atoms with Crippen LogP contribution in [0.2, 0.25) is 0 Å². The summed E-state index contributed by atoms with van der Waals surface area (Å²) in [6, 6.07) is 0. The second-order valence-corrected chi connectivity index (χ2v) is 5.87. The molecule has 17 heavy (non-hydrogen) atoms. The van der Waals surface area contributed by atoms with Crippen LogP contribution in [0.4, 0.5) is 0 Å². The predicted octanol–water partition coefficient (Wildman–Crippen LogP) is 1.88. The van der Waals surface area contributed by atoms with Crippen molar-refractivity contribution in [3.63, 3.8) is 0 Å². The van der Waals surface area contributed by atoms with E-state index in [4.69, 9.17) is 4.74 Å². The average Bonchev–Trinajstić information content (AvgIpc) is 2.53. The molecule has 2 aliphatic rings. The van der Waals surface area contributed by atoms with Crippen LogP contribution in [-0.4, -0.2) is 51.3 Å². The molecule has 1 heterocycles. The Morgan fingerprint density at radius 1 is 1.06 bits per heavy atom. The van der Waals surface area contributed by atoms with E-state index in [1.54, 1.807) is 7.11 Å². The first-order valence-corrected chi connectivity index (χ1v) is 7.27. The lowest BCUT2D eigenvalue weighted by atomic mass is 9.73. The monoisotopic (exact) mass is 240 g/mol. The van der Waals surface area contributed by atoms with Crippen LogP contribution in [0.15, 0.2) is 0 Å². The van der Waals surface area contributed by atoms with Crippen molar-refractivity contribution in [2.45, 2.75) is 38.5 Å². The van der Waals surface area contributed by atoms with Gasteiger partial charge in [0.2, 0.25) is 0 Å². The van der Waals surface area contributed by atoms with Gasteiger partial charge in [0, 0.05) is 39.8 Å². The summed E-state index contributed by atoms with van der Waals surface area (Å²) in [5, 5.41) is 3.42. The summed E-state index contributed by atoms with van der Waals surface area (Å²) < 4.78 is 5.02. The van der Waals surface area contributed by atoms with Gasteiger partial charge in [-0.1, -0.05) is 25.7 Å². The molecule has 100 valence electrons. The number of hydrogen-bond acceptors (Lipinski definition) is 3. The second-order valence-electron chi connectivity index (χ2n) is 5.87. The molecule has 1 spiro atoms. The molecule has 3 heteroatoms. The van der Waals surface area contributed by atoms with Crippen LogP contribution >= 0.6 is 0 Å². The van der Waals surface area contributed by atoms with Gasteiger partial charge in [-0.25, -0.2) is 0 Å². The van der Waals surface area contributed by atoms with E-state index >= 15 is 0 Å². The van der Waals surface area contributed by atoms with Gasteiger partial charge >= 0.3 is 0 Å². The van der Waals surface area contributed by atoms with Gasteiger partial charge in [0.05, 0.1) is 6.61 Å². The zero-order chi connectivity index (χ0) is 12.0. The van der Waals surface area contributed by atoms with Crippen LogP contribution in [0.5, 0.6) is 0 Å². The molecule has 0 aromatic rings. The number of nitrogens with one attached hydrogen (secondary N) is 1. The summed E-state index contributed by atoms with van der Waals surface area (Å²) in [4.78, 5) is 2.62. The van der Waals surface area contributed by atoms with Crippen LogP contribution in [0.1, 0.15) is 38.5 Å². The van der Waals surface area contributed by atoms with Crippen molar-refractivity contribution < 1.29 is 4.74 Å². The van der Waals surface area contributed by atoms with Crippen molar-refractivity contribution in [3.8, 4) is 0 Å². The average molecular weight is 240 g/mol. The highest BCUT2D eigenvalue weighted by Crippen LogP contribution is 2.42. The summed E-state index contributed by atoms with van der Waals surface area (Å²) in [5.41, 5.74) is 0.725. The van der Waals surface area contributed by atoms with E-state index < -0.39 is 0 Å². The third-order valence-corrected chi connectivity index (χ3v) is 4.37. The van der Waals surface area contributed by atoms with Gasteiger partial charge in [-0.3, -0.25) is 0 Å². The van der Waals surface area contributed by atoms with Gasteiger partial charge in [-0.05, 0) is 18.3 Å². The molecule has 2 fully saturated rings. The molecule has 3 nitrogen and oxygen atoms in total. The summed E-state index contributed by atoms with van der Waals surface area (Å²) in [6.45, 7) is 6.85. The lowest BCUT2D eigenvalue weighted by molar-refractivity contribution is -0.0106. The summed E-state index contributed by atoms with van der Waals surface area (Å²) >= 11 is 0. The third-order valence-electron chi connectivity index (χ3n) is 4.37. The van der Waals surface area contributed by atoms with E-state index in [-0.39, 0.29) is 0 Å². The number of hydrogen-bond donors (Lipinski definition) is 1. The van der Waals surface area contributed by atoms with Crippen molar-refractivity contribution in [2.75, 3.05) is 46.4 Å². The minimum atomic E-state index is 0.725. The Morgan fingerprint density at radius 2 is 1.76 bits per heavy atom. The molecule has 0 atom stereocenters. The molecule has 0 aromatic heterocycles. The van der Waals surface area contributed by atoms with Crippen molar-refractivity contribution in [1.29, 1.82) is 0 Å². The Kier molecular flexibility index (Phi) is 5.26. The zero-order valence-electron chi connectivity index (χ0n) is 11.3. The smallest absolute Gasteiger partial charge is 0.0587 e. The molecular weight excluding hydrogens is 212 g/mol. The Morgan fingerprint density at radius 3 is 2.41 bits per heavy atom. The SMILES string of the molecule is COCCNCCN1CC2(CCCCCC2)C1.